The fraction of sp³-hybridized carbons (Fsp3) is 0.263. The molecule has 0 aliphatic heterocycles. The highest BCUT2D eigenvalue weighted by Crippen LogP contribution is 2.30. The van der Waals surface area contributed by atoms with Crippen LogP contribution < -0.4 is 10.1 Å². The number of pyridine rings is 1. The van der Waals surface area contributed by atoms with Gasteiger partial charge in [0.25, 0.3) is 0 Å². The van der Waals surface area contributed by atoms with Gasteiger partial charge in [-0.15, -0.1) is 0 Å². The molecular weight excluding hydrogens is 304 g/mol. The van der Waals surface area contributed by atoms with Crippen LogP contribution in [0.5, 0.6) is 5.75 Å². The van der Waals surface area contributed by atoms with Gasteiger partial charge in [-0.25, -0.2) is 0 Å². The molecule has 1 amide bonds. The summed E-state index contributed by atoms with van der Waals surface area (Å²) in [4.78, 5) is 16.2. The van der Waals surface area contributed by atoms with E-state index in [-0.39, 0.29) is 11.9 Å². The van der Waals surface area contributed by atoms with Crippen LogP contribution in [0.4, 0.5) is 0 Å². The lowest BCUT2D eigenvalue weighted by atomic mass is 10.1. The molecule has 1 N–H and O–H groups in total. The lowest BCUT2D eigenvalue weighted by Crippen LogP contribution is -2.26. The van der Waals surface area contributed by atoms with E-state index < -0.39 is 0 Å². The summed E-state index contributed by atoms with van der Waals surface area (Å²) in [5.41, 5.74) is 1.75. The van der Waals surface area contributed by atoms with E-state index >= 15 is 0 Å². The number of methoxy groups -OCH3 is 1. The lowest BCUT2D eigenvalue weighted by molar-refractivity contribution is -0.121. The Morgan fingerprint density at radius 3 is 2.96 bits per heavy atom. The van der Waals surface area contributed by atoms with Gasteiger partial charge < -0.3 is 14.5 Å². The number of rotatable bonds is 6. The molecule has 1 aromatic carbocycles. The van der Waals surface area contributed by atoms with Crippen molar-refractivity contribution in [3.8, 4) is 5.75 Å². The summed E-state index contributed by atoms with van der Waals surface area (Å²) in [6, 6.07) is 11.3. The zero-order valence-corrected chi connectivity index (χ0v) is 13.8. The number of ether oxygens (including phenoxy) is 1. The second-order valence-corrected chi connectivity index (χ2v) is 5.68. The summed E-state index contributed by atoms with van der Waals surface area (Å²) in [5.74, 6) is 1.39. The Morgan fingerprint density at radius 2 is 2.21 bits per heavy atom. The Hall–Kier alpha value is -2.82. The van der Waals surface area contributed by atoms with Crippen LogP contribution in [0.3, 0.4) is 0 Å². The largest absolute Gasteiger partial charge is 0.493 e. The highest BCUT2D eigenvalue weighted by molar-refractivity contribution is 5.84. The standard InChI is InChI=1S/C19H20N2O3/c1-13(21-18(22)9-8-14-5-4-10-20-12-14)17-11-15-6-3-7-16(23-2)19(15)24-17/h3-7,10-13H,8-9H2,1-2H3,(H,21,22)/t13-/m1/s1. The average Bonchev–Trinajstić information content (AvgIpc) is 3.05. The molecule has 0 radical (unpaired) electrons. The number of hydrogen-bond acceptors (Lipinski definition) is 4. The number of aromatic nitrogens is 1. The maximum atomic E-state index is 12.1. The smallest absolute Gasteiger partial charge is 0.220 e. The van der Waals surface area contributed by atoms with Crippen LogP contribution in [-0.2, 0) is 11.2 Å². The van der Waals surface area contributed by atoms with Gasteiger partial charge in [0.05, 0.1) is 13.2 Å². The van der Waals surface area contributed by atoms with Crippen molar-refractivity contribution >= 4 is 16.9 Å². The van der Waals surface area contributed by atoms with E-state index in [4.69, 9.17) is 9.15 Å². The van der Waals surface area contributed by atoms with Crippen LogP contribution in [0.15, 0.2) is 53.2 Å². The zero-order chi connectivity index (χ0) is 16.9. The number of nitrogens with one attached hydrogen (secondary N) is 1. The molecule has 3 rings (SSSR count). The molecule has 0 bridgehead atoms. The molecular formula is C19H20N2O3. The van der Waals surface area contributed by atoms with Gasteiger partial charge in [0.2, 0.25) is 5.91 Å². The first-order chi connectivity index (χ1) is 11.7. The average molecular weight is 324 g/mol. The predicted octanol–water partition coefficient (Wildman–Crippen LogP) is 3.65. The molecule has 0 saturated heterocycles. The van der Waals surface area contributed by atoms with Crippen molar-refractivity contribution in [2.24, 2.45) is 0 Å². The lowest BCUT2D eigenvalue weighted by Gasteiger charge is -2.11. The van der Waals surface area contributed by atoms with E-state index in [2.05, 4.69) is 10.3 Å². The summed E-state index contributed by atoms with van der Waals surface area (Å²) in [6.45, 7) is 1.91. The molecule has 0 aliphatic rings. The number of carbonyl (C=O) groups excluding carboxylic acids is 1. The number of carbonyl (C=O) groups is 1. The van der Waals surface area contributed by atoms with Gasteiger partial charge in [0, 0.05) is 24.2 Å². The van der Waals surface area contributed by atoms with Gasteiger partial charge in [0.15, 0.2) is 11.3 Å². The van der Waals surface area contributed by atoms with Gasteiger partial charge in [-0.2, -0.15) is 0 Å². The van der Waals surface area contributed by atoms with Crippen LogP contribution in [0.2, 0.25) is 0 Å². The van der Waals surface area contributed by atoms with E-state index in [1.807, 2.05) is 43.3 Å². The normalized spacial score (nSPS) is 12.1. The number of nitrogens with zero attached hydrogens (tertiary/aromatic N) is 1. The molecule has 5 nitrogen and oxygen atoms in total. The summed E-state index contributed by atoms with van der Waals surface area (Å²) < 4.78 is 11.2. The predicted molar refractivity (Wildman–Crippen MR) is 91.9 cm³/mol. The highest BCUT2D eigenvalue weighted by atomic mass is 16.5. The monoisotopic (exact) mass is 324 g/mol. The van der Waals surface area contributed by atoms with Crippen molar-refractivity contribution in [3.63, 3.8) is 0 Å². The number of fused-ring (bicyclic) bond motifs is 1. The maximum Gasteiger partial charge on any atom is 0.220 e. The number of aryl methyl sites for hydroxylation is 1. The Balaban J connectivity index is 1.64. The van der Waals surface area contributed by atoms with Gasteiger partial charge in [-0.3, -0.25) is 9.78 Å². The van der Waals surface area contributed by atoms with Gasteiger partial charge in [0.1, 0.15) is 5.76 Å². The Morgan fingerprint density at radius 1 is 1.33 bits per heavy atom. The summed E-state index contributed by atoms with van der Waals surface area (Å²) >= 11 is 0. The van der Waals surface area contributed by atoms with E-state index in [1.54, 1.807) is 19.5 Å². The van der Waals surface area contributed by atoms with Crippen molar-refractivity contribution in [1.29, 1.82) is 0 Å². The van der Waals surface area contributed by atoms with Crippen LogP contribution in [0.25, 0.3) is 11.0 Å². The quantitative estimate of drug-likeness (QED) is 0.752. The number of furan rings is 1. The summed E-state index contributed by atoms with van der Waals surface area (Å²) in [5, 5.41) is 3.93. The molecule has 5 heteroatoms. The second kappa shape index (κ2) is 7.17. The molecule has 0 fully saturated rings. The third-order valence-corrected chi connectivity index (χ3v) is 3.91. The minimum atomic E-state index is -0.205. The molecule has 2 aromatic heterocycles. The van der Waals surface area contributed by atoms with Crippen LogP contribution in [0.1, 0.15) is 30.7 Å². The molecule has 2 heterocycles. The maximum absolute atomic E-state index is 12.1. The zero-order valence-electron chi connectivity index (χ0n) is 13.8. The van der Waals surface area contributed by atoms with E-state index in [9.17, 15) is 4.79 Å². The first-order valence-electron chi connectivity index (χ1n) is 7.92. The Labute approximate surface area is 140 Å². The van der Waals surface area contributed by atoms with Crippen LogP contribution in [-0.4, -0.2) is 18.0 Å². The van der Waals surface area contributed by atoms with Crippen LogP contribution >= 0.6 is 0 Å². The fourth-order valence-electron chi connectivity index (χ4n) is 2.62. The van der Waals surface area contributed by atoms with Crippen molar-refractivity contribution in [2.75, 3.05) is 7.11 Å². The molecule has 1 atom stereocenters. The number of benzene rings is 1. The number of hydrogen-bond donors (Lipinski definition) is 1. The minimum absolute atomic E-state index is 0.0150. The van der Waals surface area contributed by atoms with Crippen molar-refractivity contribution in [1.82, 2.24) is 10.3 Å². The summed E-state index contributed by atoms with van der Waals surface area (Å²) in [7, 11) is 1.61. The first kappa shape index (κ1) is 16.1. The number of para-hydroxylation sites is 1. The van der Waals surface area contributed by atoms with E-state index in [0.717, 1.165) is 10.9 Å². The van der Waals surface area contributed by atoms with E-state index in [0.29, 0.717) is 29.9 Å². The van der Waals surface area contributed by atoms with Gasteiger partial charge in [-0.1, -0.05) is 18.2 Å². The third kappa shape index (κ3) is 3.56. The molecule has 0 aliphatic carbocycles. The fourth-order valence-corrected chi connectivity index (χ4v) is 2.62. The second-order valence-electron chi connectivity index (χ2n) is 5.68. The summed E-state index contributed by atoms with van der Waals surface area (Å²) in [6.07, 6.45) is 4.59. The third-order valence-electron chi connectivity index (χ3n) is 3.91. The minimum Gasteiger partial charge on any atom is -0.493 e. The molecule has 3 aromatic rings. The first-order valence-corrected chi connectivity index (χ1v) is 7.92. The van der Waals surface area contributed by atoms with Crippen LogP contribution in [0, 0.1) is 0 Å². The molecule has 0 saturated carbocycles. The molecule has 124 valence electrons. The SMILES string of the molecule is COc1cccc2cc([C@@H](C)NC(=O)CCc3cccnc3)oc12. The topological polar surface area (TPSA) is 64.4 Å². The molecule has 24 heavy (non-hydrogen) atoms. The highest BCUT2D eigenvalue weighted by Gasteiger charge is 2.16. The Kier molecular flexibility index (Phi) is 4.79. The van der Waals surface area contributed by atoms with Crippen molar-refractivity contribution in [2.45, 2.75) is 25.8 Å². The van der Waals surface area contributed by atoms with Crippen molar-refractivity contribution in [3.05, 3.63) is 60.1 Å². The van der Waals surface area contributed by atoms with Crippen molar-refractivity contribution < 1.29 is 13.9 Å². The Bertz CT molecular complexity index is 827. The van der Waals surface area contributed by atoms with Gasteiger partial charge >= 0.3 is 0 Å². The van der Waals surface area contributed by atoms with E-state index in [1.165, 1.54) is 0 Å². The van der Waals surface area contributed by atoms with Gasteiger partial charge in [-0.05, 0) is 37.1 Å². The molecule has 0 unspecified atom stereocenters. The number of amides is 1. The molecule has 0 spiro atoms.